The van der Waals surface area contributed by atoms with Crippen molar-refractivity contribution in [2.24, 2.45) is 0 Å². The van der Waals surface area contributed by atoms with Gasteiger partial charge < -0.3 is 10.4 Å². The molecule has 2 rings (SSSR count). The first-order valence-corrected chi connectivity index (χ1v) is 5.13. The second-order valence-corrected chi connectivity index (χ2v) is 3.72. The van der Waals surface area contributed by atoms with Crippen molar-refractivity contribution in [2.45, 2.75) is 25.3 Å². The number of aromatic nitrogens is 3. The van der Waals surface area contributed by atoms with Crippen LogP contribution in [0.5, 0.6) is 0 Å². The van der Waals surface area contributed by atoms with Crippen LogP contribution in [-0.4, -0.2) is 39.2 Å². The van der Waals surface area contributed by atoms with Crippen molar-refractivity contribution in [3.05, 3.63) is 11.9 Å². The summed E-state index contributed by atoms with van der Waals surface area (Å²) in [7, 11) is 0. The number of hydrogen-bond acceptors (Lipinski definition) is 4. The molecule has 1 aliphatic rings. The minimum absolute atomic E-state index is 0.0206. The summed E-state index contributed by atoms with van der Waals surface area (Å²) in [5, 5.41) is 19.5. The predicted molar refractivity (Wildman–Crippen MR) is 52.7 cm³/mol. The first-order chi connectivity index (χ1) is 7.27. The van der Waals surface area contributed by atoms with Gasteiger partial charge in [-0.25, -0.2) is 9.48 Å². The van der Waals surface area contributed by atoms with Crippen molar-refractivity contribution in [3.8, 4) is 0 Å². The molecule has 0 radical (unpaired) electrons. The molecule has 2 N–H and O–H groups in total. The van der Waals surface area contributed by atoms with Crippen LogP contribution in [0.2, 0.25) is 0 Å². The normalized spacial score (nSPS) is 22.3. The quantitative estimate of drug-likeness (QED) is 0.733. The van der Waals surface area contributed by atoms with Crippen molar-refractivity contribution in [1.82, 2.24) is 20.3 Å². The standard InChI is InChI=1S/C9H14N4O2/c14-9(15)8-6-13(12-11-8)7-2-1-4-10-5-3-7/h6-7,10H,1-5H2,(H,14,15). The minimum atomic E-state index is -1.02. The molecule has 6 heteroatoms. The Morgan fingerprint density at radius 1 is 1.53 bits per heavy atom. The van der Waals surface area contributed by atoms with E-state index in [1.807, 2.05) is 0 Å². The molecule has 1 fully saturated rings. The maximum Gasteiger partial charge on any atom is 0.358 e. The fourth-order valence-electron chi connectivity index (χ4n) is 1.82. The molecular formula is C9H14N4O2. The third-order valence-electron chi connectivity index (χ3n) is 2.65. The number of nitrogens with zero attached hydrogens (tertiary/aromatic N) is 3. The Morgan fingerprint density at radius 2 is 2.40 bits per heavy atom. The first kappa shape index (κ1) is 10.1. The highest BCUT2D eigenvalue weighted by Crippen LogP contribution is 2.18. The van der Waals surface area contributed by atoms with Crippen LogP contribution in [0.1, 0.15) is 35.8 Å². The number of rotatable bonds is 2. The van der Waals surface area contributed by atoms with Crippen molar-refractivity contribution >= 4 is 5.97 Å². The van der Waals surface area contributed by atoms with Crippen molar-refractivity contribution in [2.75, 3.05) is 13.1 Å². The number of carbonyl (C=O) groups is 1. The lowest BCUT2D eigenvalue weighted by atomic mass is 10.1. The van der Waals surface area contributed by atoms with E-state index in [4.69, 9.17) is 5.11 Å². The molecule has 0 spiro atoms. The Bertz CT molecular complexity index is 342. The van der Waals surface area contributed by atoms with Crippen LogP contribution in [-0.2, 0) is 0 Å². The van der Waals surface area contributed by atoms with Gasteiger partial charge in [0.2, 0.25) is 0 Å². The molecular weight excluding hydrogens is 196 g/mol. The molecule has 0 amide bonds. The topological polar surface area (TPSA) is 80.0 Å². The third-order valence-corrected chi connectivity index (χ3v) is 2.65. The number of carboxylic acids is 1. The lowest BCUT2D eigenvalue weighted by molar-refractivity contribution is 0.0690. The van der Waals surface area contributed by atoms with Gasteiger partial charge in [-0.2, -0.15) is 0 Å². The predicted octanol–water partition coefficient (Wildman–Crippen LogP) is 0.291. The molecule has 1 saturated heterocycles. The summed E-state index contributed by atoms with van der Waals surface area (Å²) in [4.78, 5) is 10.6. The lowest BCUT2D eigenvalue weighted by Gasteiger charge is -2.12. The highest BCUT2D eigenvalue weighted by atomic mass is 16.4. The van der Waals surface area contributed by atoms with Crippen LogP contribution in [0.15, 0.2) is 6.20 Å². The van der Waals surface area contributed by atoms with Gasteiger partial charge in [0.1, 0.15) is 0 Å². The SMILES string of the molecule is O=C(O)c1cn(C2CCCNCC2)nn1. The van der Waals surface area contributed by atoms with Crippen LogP contribution in [0.3, 0.4) is 0 Å². The van der Waals surface area contributed by atoms with E-state index in [1.54, 1.807) is 4.68 Å². The Hall–Kier alpha value is -1.43. The largest absolute Gasteiger partial charge is 0.476 e. The van der Waals surface area contributed by atoms with Gasteiger partial charge >= 0.3 is 5.97 Å². The maximum atomic E-state index is 10.6. The molecule has 1 aliphatic heterocycles. The molecule has 6 nitrogen and oxygen atoms in total. The van der Waals surface area contributed by atoms with Crippen molar-refractivity contribution in [1.29, 1.82) is 0 Å². The molecule has 1 aromatic heterocycles. The molecule has 1 atom stereocenters. The Morgan fingerprint density at radius 3 is 3.13 bits per heavy atom. The van der Waals surface area contributed by atoms with Gasteiger partial charge in [0.15, 0.2) is 5.69 Å². The summed E-state index contributed by atoms with van der Waals surface area (Å²) in [5.41, 5.74) is 0.0206. The van der Waals surface area contributed by atoms with Crippen LogP contribution < -0.4 is 5.32 Å². The summed E-state index contributed by atoms with van der Waals surface area (Å²) in [6, 6.07) is 0.278. The van der Waals surface area contributed by atoms with Crippen LogP contribution in [0.25, 0.3) is 0 Å². The van der Waals surface area contributed by atoms with E-state index in [0.717, 1.165) is 32.4 Å². The molecule has 1 unspecified atom stereocenters. The summed E-state index contributed by atoms with van der Waals surface area (Å²) in [5.74, 6) is -1.02. The monoisotopic (exact) mass is 210 g/mol. The van der Waals surface area contributed by atoms with E-state index < -0.39 is 5.97 Å². The average Bonchev–Trinajstić information content (AvgIpc) is 2.55. The van der Waals surface area contributed by atoms with Crippen LogP contribution in [0, 0.1) is 0 Å². The molecule has 0 saturated carbocycles. The Labute approximate surface area is 87.3 Å². The highest BCUT2D eigenvalue weighted by Gasteiger charge is 2.17. The van der Waals surface area contributed by atoms with Gasteiger partial charge in [-0.05, 0) is 32.4 Å². The van der Waals surface area contributed by atoms with Crippen LogP contribution >= 0.6 is 0 Å². The van der Waals surface area contributed by atoms with E-state index >= 15 is 0 Å². The molecule has 2 heterocycles. The van der Waals surface area contributed by atoms with Gasteiger partial charge in [0.25, 0.3) is 0 Å². The van der Waals surface area contributed by atoms with Gasteiger partial charge in [0, 0.05) is 0 Å². The summed E-state index contributed by atoms with van der Waals surface area (Å²) >= 11 is 0. The van der Waals surface area contributed by atoms with E-state index in [-0.39, 0.29) is 11.7 Å². The number of nitrogens with one attached hydrogen (secondary N) is 1. The second-order valence-electron chi connectivity index (χ2n) is 3.72. The zero-order valence-electron chi connectivity index (χ0n) is 8.39. The minimum Gasteiger partial charge on any atom is -0.476 e. The summed E-state index contributed by atoms with van der Waals surface area (Å²) in [6.45, 7) is 1.98. The van der Waals surface area contributed by atoms with Gasteiger partial charge in [-0.15, -0.1) is 5.10 Å². The van der Waals surface area contributed by atoms with Gasteiger partial charge in [-0.3, -0.25) is 0 Å². The maximum absolute atomic E-state index is 10.6. The molecule has 0 aromatic carbocycles. The highest BCUT2D eigenvalue weighted by molar-refractivity contribution is 5.84. The lowest BCUT2D eigenvalue weighted by Crippen LogP contribution is -2.15. The fourth-order valence-corrected chi connectivity index (χ4v) is 1.82. The van der Waals surface area contributed by atoms with Crippen LogP contribution in [0.4, 0.5) is 0 Å². The second kappa shape index (κ2) is 4.39. The van der Waals surface area contributed by atoms with E-state index in [9.17, 15) is 4.79 Å². The number of aromatic carboxylic acids is 1. The average molecular weight is 210 g/mol. The molecule has 0 bridgehead atoms. The Balaban J connectivity index is 2.10. The zero-order chi connectivity index (χ0) is 10.7. The molecule has 0 aliphatic carbocycles. The summed E-state index contributed by atoms with van der Waals surface area (Å²) < 4.78 is 1.68. The Kier molecular flexibility index (Phi) is 2.96. The molecule has 1 aromatic rings. The third kappa shape index (κ3) is 2.33. The fraction of sp³-hybridized carbons (Fsp3) is 0.667. The summed E-state index contributed by atoms with van der Waals surface area (Å²) in [6.07, 6.45) is 4.60. The van der Waals surface area contributed by atoms with Gasteiger partial charge in [0.05, 0.1) is 12.2 Å². The van der Waals surface area contributed by atoms with Crippen molar-refractivity contribution < 1.29 is 9.90 Å². The van der Waals surface area contributed by atoms with E-state index in [2.05, 4.69) is 15.6 Å². The number of carboxylic acid groups (broad SMARTS) is 1. The number of hydrogen-bond donors (Lipinski definition) is 2. The van der Waals surface area contributed by atoms with Crippen molar-refractivity contribution in [3.63, 3.8) is 0 Å². The smallest absolute Gasteiger partial charge is 0.358 e. The van der Waals surface area contributed by atoms with Gasteiger partial charge in [-0.1, -0.05) is 5.21 Å². The van der Waals surface area contributed by atoms with E-state index in [1.165, 1.54) is 6.20 Å². The zero-order valence-corrected chi connectivity index (χ0v) is 8.39. The van der Waals surface area contributed by atoms with E-state index in [0.29, 0.717) is 0 Å². The molecule has 15 heavy (non-hydrogen) atoms. The first-order valence-electron chi connectivity index (χ1n) is 5.13. The molecule has 82 valence electrons.